The number of aromatic nitrogens is 1. The number of hydrogen-bond donors (Lipinski definition) is 1. The number of Topliss-reactive ketones (excluding diaryl/α,β-unsaturated/α-hetero) is 1. The summed E-state index contributed by atoms with van der Waals surface area (Å²) in [6.07, 6.45) is -1.63. The fourth-order valence-corrected chi connectivity index (χ4v) is 3.95. The highest BCUT2D eigenvalue weighted by Gasteiger charge is 2.46. The topological polar surface area (TPSA) is 70.5 Å². The van der Waals surface area contributed by atoms with Crippen LogP contribution in [0.2, 0.25) is 5.02 Å². The number of carbonyl (C=O) groups is 2. The Bertz CT molecular complexity index is 1260. The maximum Gasteiger partial charge on any atom is 0.416 e. The third-order valence-electron chi connectivity index (χ3n) is 5.25. The van der Waals surface area contributed by atoms with Crippen LogP contribution in [0.25, 0.3) is 5.76 Å². The van der Waals surface area contributed by atoms with Gasteiger partial charge >= 0.3 is 6.18 Å². The Labute approximate surface area is 191 Å². The number of likely N-dealkylation sites (tertiary alicyclic amines) is 1. The quantitative estimate of drug-likeness (QED) is 0.314. The van der Waals surface area contributed by atoms with Gasteiger partial charge in [-0.3, -0.25) is 14.6 Å². The summed E-state index contributed by atoms with van der Waals surface area (Å²) in [5.41, 5.74) is -0.222. The van der Waals surface area contributed by atoms with Crippen LogP contribution in [0.3, 0.4) is 0 Å². The Morgan fingerprint density at radius 3 is 2.48 bits per heavy atom. The first-order valence-electron chi connectivity index (χ1n) is 9.77. The smallest absolute Gasteiger partial charge is 0.416 e. The monoisotopic (exact) mass is 472 g/mol. The summed E-state index contributed by atoms with van der Waals surface area (Å²) in [4.78, 5) is 31.1. The van der Waals surface area contributed by atoms with Crippen molar-refractivity contribution in [3.8, 4) is 0 Å². The summed E-state index contributed by atoms with van der Waals surface area (Å²) >= 11 is 6.00. The van der Waals surface area contributed by atoms with E-state index in [-0.39, 0.29) is 23.2 Å². The van der Waals surface area contributed by atoms with Gasteiger partial charge in [-0.2, -0.15) is 13.2 Å². The second kappa shape index (κ2) is 8.71. The SMILES string of the molecule is O=C1C(=O)N(Cc2cccc(C(F)(F)F)c2)C(c2cccnc2)/C1=C(\O)c1cccc(Cl)c1. The number of carbonyl (C=O) groups excluding carboxylic acids is 2. The summed E-state index contributed by atoms with van der Waals surface area (Å²) in [5, 5.41) is 11.3. The van der Waals surface area contributed by atoms with Crippen LogP contribution >= 0.6 is 11.6 Å². The summed E-state index contributed by atoms with van der Waals surface area (Å²) in [6.45, 7) is -0.277. The normalized spacial score (nSPS) is 18.1. The average Bonchev–Trinajstić information content (AvgIpc) is 3.04. The second-order valence-corrected chi connectivity index (χ2v) is 7.86. The molecule has 1 aromatic heterocycles. The van der Waals surface area contributed by atoms with E-state index in [1.807, 2.05) is 0 Å². The van der Waals surface area contributed by atoms with E-state index in [1.165, 1.54) is 36.7 Å². The van der Waals surface area contributed by atoms with E-state index in [4.69, 9.17) is 11.6 Å². The van der Waals surface area contributed by atoms with E-state index < -0.39 is 35.2 Å². The lowest BCUT2D eigenvalue weighted by molar-refractivity contribution is -0.140. The zero-order valence-corrected chi connectivity index (χ0v) is 17.6. The van der Waals surface area contributed by atoms with Crippen molar-refractivity contribution < 1.29 is 27.9 Å². The largest absolute Gasteiger partial charge is 0.507 e. The number of aliphatic hydroxyl groups is 1. The Morgan fingerprint density at radius 1 is 1.06 bits per heavy atom. The molecule has 0 aliphatic carbocycles. The van der Waals surface area contributed by atoms with Crippen molar-refractivity contribution in [1.82, 2.24) is 9.88 Å². The molecule has 1 atom stereocenters. The van der Waals surface area contributed by atoms with Crippen molar-refractivity contribution in [3.63, 3.8) is 0 Å². The molecule has 1 amide bonds. The number of amides is 1. The van der Waals surface area contributed by atoms with Gasteiger partial charge in [-0.25, -0.2) is 0 Å². The minimum absolute atomic E-state index is 0.184. The first kappa shape index (κ1) is 22.5. The molecule has 2 heterocycles. The van der Waals surface area contributed by atoms with E-state index >= 15 is 0 Å². The highest BCUT2D eigenvalue weighted by Crippen LogP contribution is 2.40. The molecule has 3 aromatic rings. The maximum atomic E-state index is 13.2. The van der Waals surface area contributed by atoms with Gasteiger partial charge in [0.05, 0.1) is 17.2 Å². The molecule has 0 saturated carbocycles. The Hall–Kier alpha value is -3.65. The van der Waals surface area contributed by atoms with Crippen molar-refractivity contribution >= 4 is 29.1 Å². The number of hydrogen-bond acceptors (Lipinski definition) is 4. The van der Waals surface area contributed by atoms with Crippen molar-refractivity contribution in [2.45, 2.75) is 18.8 Å². The van der Waals surface area contributed by atoms with Gasteiger partial charge in [-0.15, -0.1) is 0 Å². The summed E-state index contributed by atoms with van der Waals surface area (Å²) in [5.74, 6) is -2.32. The molecule has 1 aliphatic heterocycles. The van der Waals surface area contributed by atoms with Gasteiger partial charge in [0.25, 0.3) is 11.7 Å². The van der Waals surface area contributed by atoms with Gasteiger partial charge in [0.15, 0.2) is 0 Å². The summed E-state index contributed by atoms with van der Waals surface area (Å²) in [7, 11) is 0. The van der Waals surface area contributed by atoms with Crippen LogP contribution in [0.15, 0.2) is 78.6 Å². The van der Waals surface area contributed by atoms with Crippen LogP contribution in [-0.2, 0) is 22.3 Å². The number of pyridine rings is 1. The van der Waals surface area contributed by atoms with E-state index in [2.05, 4.69) is 4.98 Å². The number of nitrogens with zero attached hydrogens (tertiary/aromatic N) is 2. The molecule has 168 valence electrons. The lowest BCUT2D eigenvalue weighted by Crippen LogP contribution is -2.29. The molecule has 1 saturated heterocycles. The van der Waals surface area contributed by atoms with Crippen LogP contribution in [-0.4, -0.2) is 26.7 Å². The molecule has 33 heavy (non-hydrogen) atoms. The fraction of sp³-hybridized carbons (Fsp3) is 0.125. The van der Waals surface area contributed by atoms with Crippen LogP contribution in [0.4, 0.5) is 13.2 Å². The minimum Gasteiger partial charge on any atom is -0.507 e. The Morgan fingerprint density at radius 2 is 1.82 bits per heavy atom. The van der Waals surface area contributed by atoms with Gasteiger partial charge in [0.2, 0.25) is 0 Å². The molecule has 9 heteroatoms. The summed E-state index contributed by atoms with van der Waals surface area (Å²) in [6, 6.07) is 12.8. The predicted molar refractivity (Wildman–Crippen MR) is 115 cm³/mol. The van der Waals surface area contributed by atoms with Crippen molar-refractivity contribution in [2.75, 3.05) is 0 Å². The molecular formula is C24H16ClF3N2O3. The van der Waals surface area contributed by atoms with Gasteiger partial charge in [0.1, 0.15) is 5.76 Å². The van der Waals surface area contributed by atoms with Crippen LogP contribution in [0.5, 0.6) is 0 Å². The standard InChI is InChI=1S/C24H16ClF3N2O3/c25-18-8-2-5-15(11-18)21(31)19-20(16-6-3-9-29-12-16)30(23(33)22(19)32)13-14-4-1-7-17(10-14)24(26,27)28/h1-12,20,31H,13H2/b21-19+. The van der Waals surface area contributed by atoms with Crippen molar-refractivity contribution in [2.24, 2.45) is 0 Å². The van der Waals surface area contributed by atoms with E-state index in [9.17, 15) is 27.9 Å². The third-order valence-corrected chi connectivity index (χ3v) is 5.48. The van der Waals surface area contributed by atoms with Gasteiger partial charge in [-0.05, 0) is 41.5 Å². The molecule has 1 unspecified atom stereocenters. The average molecular weight is 473 g/mol. The third kappa shape index (κ3) is 4.47. The lowest BCUT2D eigenvalue weighted by Gasteiger charge is -2.25. The van der Waals surface area contributed by atoms with E-state index in [0.29, 0.717) is 10.6 Å². The first-order chi connectivity index (χ1) is 15.7. The molecule has 0 radical (unpaired) electrons. The molecule has 0 bridgehead atoms. The first-order valence-corrected chi connectivity index (χ1v) is 10.1. The number of ketones is 1. The number of rotatable bonds is 4. The zero-order chi connectivity index (χ0) is 23.8. The molecule has 1 fully saturated rings. The van der Waals surface area contributed by atoms with E-state index in [1.54, 1.807) is 24.3 Å². The van der Waals surface area contributed by atoms with Crippen molar-refractivity contribution in [1.29, 1.82) is 0 Å². The number of halogens is 4. The molecule has 2 aromatic carbocycles. The molecule has 0 spiro atoms. The second-order valence-electron chi connectivity index (χ2n) is 7.42. The zero-order valence-electron chi connectivity index (χ0n) is 16.9. The van der Waals surface area contributed by atoms with Crippen molar-refractivity contribution in [3.05, 3.63) is 106 Å². The fourth-order valence-electron chi connectivity index (χ4n) is 3.76. The van der Waals surface area contributed by atoms with E-state index in [0.717, 1.165) is 17.0 Å². The molecular weight excluding hydrogens is 457 g/mol. The van der Waals surface area contributed by atoms with Gasteiger partial charge < -0.3 is 10.0 Å². The number of aliphatic hydroxyl groups excluding tert-OH is 1. The predicted octanol–water partition coefficient (Wildman–Crippen LogP) is 5.38. The summed E-state index contributed by atoms with van der Waals surface area (Å²) < 4.78 is 39.5. The van der Waals surface area contributed by atoms with Gasteiger partial charge in [0, 0.05) is 29.5 Å². The van der Waals surface area contributed by atoms with Crippen LogP contribution in [0.1, 0.15) is 28.3 Å². The molecule has 5 nitrogen and oxygen atoms in total. The number of benzene rings is 2. The Kier molecular flexibility index (Phi) is 5.95. The molecule has 4 rings (SSSR count). The minimum atomic E-state index is -4.56. The molecule has 1 aliphatic rings. The number of alkyl halides is 3. The van der Waals surface area contributed by atoms with Crippen LogP contribution < -0.4 is 0 Å². The van der Waals surface area contributed by atoms with Gasteiger partial charge in [-0.1, -0.05) is 41.9 Å². The van der Waals surface area contributed by atoms with Crippen LogP contribution in [0, 0.1) is 0 Å². The Balaban J connectivity index is 1.83. The molecule has 1 N–H and O–H groups in total. The highest BCUT2D eigenvalue weighted by molar-refractivity contribution is 6.46. The maximum absolute atomic E-state index is 13.2. The highest BCUT2D eigenvalue weighted by atomic mass is 35.5. The lowest BCUT2D eigenvalue weighted by atomic mass is 9.96.